The van der Waals surface area contributed by atoms with Crippen LogP contribution in [0.4, 0.5) is 5.69 Å². The number of hydrogen-bond donors (Lipinski definition) is 0. The number of nitrogens with zero attached hydrogens (tertiary/aromatic N) is 1. The highest BCUT2D eigenvalue weighted by molar-refractivity contribution is 6.32. The van der Waals surface area contributed by atoms with E-state index >= 15 is 0 Å². The standard InChI is InChI=1S/C22H18ClNO5/c1-13-19(22(27)29-3)17(12-15-6-4-5-7-18(15)23)20(25)24(13)16-10-8-14(9-11-16)21(26)28-2/h4-12H,1-3H3. The van der Waals surface area contributed by atoms with Crippen molar-refractivity contribution in [1.82, 2.24) is 0 Å². The highest BCUT2D eigenvalue weighted by atomic mass is 35.5. The van der Waals surface area contributed by atoms with Gasteiger partial charge in [0.2, 0.25) is 0 Å². The van der Waals surface area contributed by atoms with Gasteiger partial charge in [0.25, 0.3) is 5.91 Å². The summed E-state index contributed by atoms with van der Waals surface area (Å²) in [6.07, 6.45) is 1.57. The second-order valence-electron chi connectivity index (χ2n) is 6.21. The van der Waals surface area contributed by atoms with Crippen LogP contribution in [0.5, 0.6) is 0 Å². The molecule has 0 N–H and O–H groups in total. The van der Waals surface area contributed by atoms with Crippen LogP contribution in [0.3, 0.4) is 0 Å². The summed E-state index contributed by atoms with van der Waals surface area (Å²) in [7, 11) is 2.55. The van der Waals surface area contributed by atoms with Gasteiger partial charge < -0.3 is 9.47 Å². The second kappa shape index (κ2) is 8.32. The lowest BCUT2D eigenvalue weighted by molar-refractivity contribution is -0.136. The molecule has 0 bridgehead atoms. The zero-order valence-electron chi connectivity index (χ0n) is 16.1. The maximum absolute atomic E-state index is 13.2. The molecular formula is C22H18ClNO5. The Bertz CT molecular complexity index is 1050. The molecule has 3 rings (SSSR count). The van der Waals surface area contributed by atoms with E-state index in [-0.39, 0.29) is 11.1 Å². The molecule has 7 heteroatoms. The first-order valence-corrected chi connectivity index (χ1v) is 9.05. The van der Waals surface area contributed by atoms with E-state index in [0.29, 0.717) is 27.5 Å². The van der Waals surface area contributed by atoms with Crippen molar-refractivity contribution < 1.29 is 23.9 Å². The summed E-state index contributed by atoms with van der Waals surface area (Å²) < 4.78 is 9.58. The number of benzene rings is 2. The van der Waals surface area contributed by atoms with Gasteiger partial charge in [0, 0.05) is 16.4 Å². The number of allylic oxidation sites excluding steroid dienone is 1. The van der Waals surface area contributed by atoms with Gasteiger partial charge in [0.05, 0.1) is 30.9 Å². The van der Waals surface area contributed by atoms with E-state index in [0.717, 1.165) is 0 Å². The number of carbonyl (C=O) groups excluding carboxylic acids is 3. The summed E-state index contributed by atoms with van der Waals surface area (Å²) in [5, 5.41) is 0.454. The summed E-state index contributed by atoms with van der Waals surface area (Å²) in [4.78, 5) is 38.7. The number of esters is 2. The molecule has 2 aromatic rings. The van der Waals surface area contributed by atoms with Crippen molar-refractivity contribution in [2.45, 2.75) is 6.92 Å². The third kappa shape index (κ3) is 3.79. The quantitative estimate of drug-likeness (QED) is 0.561. The fourth-order valence-corrected chi connectivity index (χ4v) is 3.29. The molecular weight excluding hydrogens is 394 g/mol. The number of carbonyl (C=O) groups is 3. The molecule has 0 atom stereocenters. The third-order valence-electron chi connectivity index (χ3n) is 4.54. The van der Waals surface area contributed by atoms with E-state index in [9.17, 15) is 14.4 Å². The van der Waals surface area contributed by atoms with Gasteiger partial charge in [0.15, 0.2) is 0 Å². The maximum Gasteiger partial charge on any atom is 0.340 e. The molecule has 0 saturated carbocycles. The van der Waals surface area contributed by atoms with Crippen LogP contribution in [0.15, 0.2) is 65.4 Å². The van der Waals surface area contributed by atoms with Crippen LogP contribution in [0.1, 0.15) is 22.8 Å². The molecule has 148 valence electrons. The van der Waals surface area contributed by atoms with Gasteiger partial charge in [0.1, 0.15) is 0 Å². The molecule has 2 aromatic carbocycles. The van der Waals surface area contributed by atoms with Crippen molar-refractivity contribution in [1.29, 1.82) is 0 Å². The Morgan fingerprint density at radius 2 is 1.59 bits per heavy atom. The number of rotatable bonds is 4. The lowest BCUT2D eigenvalue weighted by Crippen LogP contribution is -2.24. The van der Waals surface area contributed by atoms with Crippen molar-refractivity contribution in [3.8, 4) is 0 Å². The van der Waals surface area contributed by atoms with Crippen LogP contribution < -0.4 is 4.90 Å². The predicted octanol–water partition coefficient (Wildman–Crippen LogP) is 4.00. The molecule has 1 aliphatic rings. The number of halogens is 1. The molecule has 0 fully saturated rings. The van der Waals surface area contributed by atoms with Crippen molar-refractivity contribution >= 4 is 41.2 Å². The largest absolute Gasteiger partial charge is 0.465 e. The van der Waals surface area contributed by atoms with Gasteiger partial charge in [-0.3, -0.25) is 9.69 Å². The highest BCUT2D eigenvalue weighted by Crippen LogP contribution is 2.36. The molecule has 29 heavy (non-hydrogen) atoms. The molecule has 0 radical (unpaired) electrons. The molecule has 1 amide bonds. The Hall–Kier alpha value is -3.38. The molecule has 0 spiro atoms. The topological polar surface area (TPSA) is 72.9 Å². The van der Waals surface area contributed by atoms with Crippen LogP contribution in [0.2, 0.25) is 5.02 Å². The van der Waals surface area contributed by atoms with Crippen LogP contribution >= 0.6 is 11.6 Å². The van der Waals surface area contributed by atoms with Crippen molar-refractivity contribution in [2.24, 2.45) is 0 Å². The van der Waals surface area contributed by atoms with Gasteiger partial charge in [-0.15, -0.1) is 0 Å². The zero-order chi connectivity index (χ0) is 21.1. The van der Waals surface area contributed by atoms with Gasteiger partial charge in [-0.1, -0.05) is 29.8 Å². The van der Waals surface area contributed by atoms with Crippen molar-refractivity contribution in [2.75, 3.05) is 19.1 Å². The van der Waals surface area contributed by atoms with Gasteiger partial charge >= 0.3 is 11.9 Å². The molecule has 0 aliphatic carbocycles. The molecule has 0 saturated heterocycles. The second-order valence-corrected chi connectivity index (χ2v) is 6.62. The fourth-order valence-electron chi connectivity index (χ4n) is 3.10. The normalized spacial score (nSPS) is 15.1. The number of methoxy groups -OCH3 is 2. The van der Waals surface area contributed by atoms with Gasteiger partial charge in [-0.05, 0) is 48.9 Å². The minimum Gasteiger partial charge on any atom is -0.465 e. The average molecular weight is 412 g/mol. The number of ether oxygens (including phenoxy) is 2. The van der Waals surface area contributed by atoms with E-state index < -0.39 is 17.8 Å². The Balaban J connectivity index is 2.09. The Morgan fingerprint density at radius 1 is 0.966 bits per heavy atom. The Morgan fingerprint density at radius 3 is 2.17 bits per heavy atom. The van der Waals surface area contributed by atoms with E-state index in [2.05, 4.69) is 4.74 Å². The molecule has 1 aliphatic heterocycles. The first-order valence-electron chi connectivity index (χ1n) is 8.67. The average Bonchev–Trinajstić information content (AvgIpc) is 2.98. The summed E-state index contributed by atoms with van der Waals surface area (Å²) >= 11 is 6.22. The van der Waals surface area contributed by atoms with Gasteiger partial charge in [-0.2, -0.15) is 0 Å². The first kappa shape index (κ1) is 20.4. The van der Waals surface area contributed by atoms with Crippen molar-refractivity contribution in [3.63, 3.8) is 0 Å². The number of hydrogen-bond acceptors (Lipinski definition) is 5. The number of amides is 1. The Kier molecular flexibility index (Phi) is 5.84. The predicted molar refractivity (Wildman–Crippen MR) is 109 cm³/mol. The SMILES string of the molecule is COC(=O)C1=C(C)N(c2ccc(C(=O)OC)cc2)C(=O)C1=Cc1ccccc1Cl. The summed E-state index contributed by atoms with van der Waals surface area (Å²) in [6, 6.07) is 13.3. The maximum atomic E-state index is 13.2. The zero-order valence-corrected chi connectivity index (χ0v) is 16.8. The van der Waals surface area contributed by atoms with Crippen molar-refractivity contribution in [3.05, 3.63) is 81.5 Å². The minimum atomic E-state index is -0.622. The summed E-state index contributed by atoms with van der Waals surface area (Å²) in [6.45, 7) is 1.66. The minimum absolute atomic E-state index is 0.162. The summed E-state index contributed by atoms with van der Waals surface area (Å²) in [5.41, 5.74) is 2.23. The number of anilines is 1. The smallest absolute Gasteiger partial charge is 0.340 e. The molecule has 0 aromatic heterocycles. The first-order chi connectivity index (χ1) is 13.9. The monoisotopic (exact) mass is 411 g/mol. The molecule has 1 heterocycles. The highest BCUT2D eigenvalue weighted by Gasteiger charge is 2.38. The fraction of sp³-hybridized carbons (Fsp3) is 0.136. The van der Waals surface area contributed by atoms with E-state index in [4.69, 9.17) is 16.3 Å². The lowest BCUT2D eigenvalue weighted by Gasteiger charge is -2.18. The Labute approximate surface area is 173 Å². The van der Waals surface area contributed by atoms with Crippen LogP contribution in [0.25, 0.3) is 6.08 Å². The van der Waals surface area contributed by atoms with Crippen LogP contribution in [-0.4, -0.2) is 32.1 Å². The van der Waals surface area contributed by atoms with Gasteiger partial charge in [-0.25, -0.2) is 9.59 Å². The van der Waals surface area contributed by atoms with E-state index in [1.165, 1.54) is 19.1 Å². The van der Waals surface area contributed by atoms with E-state index in [1.54, 1.807) is 61.5 Å². The van der Waals surface area contributed by atoms with E-state index in [1.807, 2.05) is 0 Å². The van der Waals surface area contributed by atoms with Crippen LogP contribution in [-0.2, 0) is 19.1 Å². The molecule has 0 unspecified atom stereocenters. The van der Waals surface area contributed by atoms with Crippen LogP contribution in [0, 0.1) is 0 Å². The lowest BCUT2D eigenvalue weighted by atomic mass is 10.0. The summed E-state index contributed by atoms with van der Waals surface area (Å²) in [5.74, 6) is -1.50. The molecule has 6 nitrogen and oxygen atoms in total. The third-order valence-corrected chi connectivity index (χ3v) is 4.89.